The molecule has 6 nitrogen and oxygen atoms in total. The Bertz CT molecular complexity index is 643. The van der Waals surface area contributed by atoms with Gasteiger partial charge in [0.05, 0.1) is 12.6 Å². The van der Waals surface area contributed by atoms with Crippen LogP contribution in [0.15, 0.2) is 28.8 Å². The first-order valence-corrected chi connectivity index (χ1v) is 7.93. The summed E-state index contributed by atoms with van der Waals surface area (Å²) >= 11 is 7.62. The second-order valence-corrected chi connectivity index (χ2v) is 5.98. The van der Waals surface area contributed by atoms with Crippen LogP contribution in [0.1, 0.15) is 5.89 Å². The molecule has 3 rings (SSSR count). The zero-order valence-corrected chi connectivity index (χ0v) is 12.6. The second kappa shape index (κ2) is 6.46. The molecule has 2 aromatic rings. The molecule has 1 aliphatic heterocycles. The van der Waals surface area contributed by atoms with Crippen molar-refractivity contribution < 1.29 is 9.32 Å². The molecule has 1 aromatic heterocycles. The lowest BCUT2D eigenvalue weighted by atomic mass is 10.2. The van der Waals surface area contributed by atoms with Crippen molar-refractivity contribution in [1.29, 1.82) is 0 Å². The molecule has 1 saturated heterocycles. The van der Waals surface area contributed by atoms with E-state index >= 15 is 0 Å². The Labute approximate surface area is 130 Å². The van der Waals surface area contributed by atoms with E-state index in [1.807, 2.05) is 12.1 Å². The summed E-state index contributed by atoms with van der Waals surface area (Å²) in [6.45, 7) is 0.218. The Morgan fingerprint density at radius 2 is 2.48 bits per heavy atom. The van der Waals surface area contributed by atoms with E-state index in [0.717, 1.165) is 17.2 Å². The van der Waals surface area contributed by atoms with Crippen LogP contribution in [-0.4, -0.2) is 33.7 Å². The zero-order chi connectivity index (χ0) is 14.7. The van der Waals surface area contributed by atoms with Gasteiger partial charge in [0, 0.05) is 22.2 Å². The maximum absolute atomic E-state index is 11.8. The molecule has 21 heavy (non-hydrogen) atoms. The number of amides is 1. The topological polar surface area (TPSA) is 80.1 Å². The highest BCUT2D eigenvalue weighted by molar-refractivity contribution is 7.99. The highest BCUT2D eigenvalue weighted by atomic mass is 35.5. The van der Waals surface area contributed by atoms with Gasteiger partial charge < -0.3 is 9.84 Å². The molecule has 2 N–H and O–H groups in total. The standard InChI is InChI=1S/C13H13ClN4O2S/c14-9-3-1-2-8(4-9)12-17-11(20-18-12)5-15-13(19)10-6-21-7-16-10/h1-4,10,16H,5-7H2,(H,15,19). The summed E-state index contributed by atoms with van der Waals surface area (Å²) in [7, 11) is 0. The summed E-state index contributed by atoms with van der Waals surface area (Å²) in [6, 6.07) is 7.05. The van der Waals surface area contributed by atoms with Gasteiger partial charge in [-0.25, -0.2) is 0 Å². The van der Waals surface area contributed by atoms with Crippen LogP contribution >= 0.6 is 23.4 Å². The van der Waals surface area contributed by atoms with Crippen molar-refractivity contribution in [3.63, 3.8) is 0 Å². The average Bonchev–Trinajstić information content (AvgIpc) is 3.16. The molecule has 8 heteroatoms. The van der Waals surface area contributed by atoms with Gasteiger partial charge in [-0.3, -0.25) is 10.1 Å². The smallest absolute Gasteiger partial charge is 0.246 e. The number of nitrogens with zero attached hydrogens (tertiary/aromatic N) is 2. The highest BCUT2D eigenvalue weighted by Gasteiger charge is 2.22. The SMILES string of the molecule is O=C(NCc1nc(-c2cccc(Cl)c2)no1)C1CSCN1. The first kappa shape index (κ1) is 14.4. The normalized spacial score (nSPS) is 17.9. The van der Waals surface area contributed by atoms with E-state index in [-0.39, 0.29) is 18.5 Å². The van der Waals surface area contributed by atoms with Gasteiger partial charge in [0.15, 0.2) is 0 Å². The van der Waals surface area contributed by atoms with Gasteiger partial charge in [0.1, 0.15) is 0 Å². The molecule has 0 radical (unpaired) electrons. The molecule has 0 spiro atoms. The van der Waals surface area contributed by atoms with Gasteiger partial charge in [-0.1, -0.05) is 28.9 Å². The van der Waals surface area contributed by atoms with Crippen LogP contribution < -0.4 is 10.6 Å². The van der Waals surface area contributed by atoms with E-state index in [0.29, 0.717) is 16.7 Å². The van der Waals surface area contributed by atoms with Crippen LogP contribution in [0.2, 0.25) is 5.02 Å². The molecule has 1 aromatic carbocycles. The number of benzene rings is 1. The van der Waals surface area contributed by atoms with E-state index in [9.17, 15) is 4.79 Å². The molecule has 2 heterocycles. The van der Waals surface area contributed by atoms with Crippen molar-refractivity contribution in [1.82, 2.24) is 20.8 Å². The maximum atomic E-state index is 11.8. The fraction of sp³-hybridized carbons (Fsp3) is 0.308. The molecule has 0 bridgehead atoms. The lowest BCUT2D eigenvalue weighted by Gasteiger charge is -2.08. The Balaban J connectivity index is 1.61. The first-order chi connectivity index (χ1) is 10.2. The lowest BCUT2D eigenvalue weighted by molar-refractivity contribution is -0.122. The van der Waals surface area contributed by atoms with Crippen LogP contribution in [-0.2, 0) is 11.3 Å². The Kier molecular flexibility index (Phi) is 4.42. The first-order valence-electron chi connectivity index (χ1n) is 6.40. The average molecular weight is 325 g/mol. The molecule has 1 amide bonds. The minimum atomic E-state index is -0.148. The van der Waals surface area contributed by atoms with Gasteiger partial charge in [-0.15, -0.1) is 11.8 Å². The number of thioether (sulfide) groups is 1. The summed E-state index contributed by atoms with van der Waals surface area (Å²) in [5, 5.41) is 10.4. The van der Waals surface area contributed by atoms with Crippen molar-refractivity contribution in [2.24, 2.45) is 0 Å². The van der Waals surface area contributed by atoms with E-state index in [4.69, 9.17) is 16.1 Å². The third-order valence-electron chi connectivity index (χ3n) is 3.00. The minimum absolute atomic E-state index is 0.0532. The number of hydrogen-bond acceptors (Lipinski definition) is 6. The summed E-state index contributed by atoms with van der Waals surface area (Å²) in [4.78, 5) is 16.1. The van der Waals surface area contributed by atoms with Gasteiger partial charge in [0.25, 0.3) is 0 Å². The monoisotopic (exact) mass is 324 g/mol. The van der Waals surface area contributed by atoms with Crippen LogP contribution in [0, 0.1) is 0 Å². The number of aromatic nitrogens is 2. The van der Waals surface area contributed by atoms with E-state index in [1.54, 1.807) is 23.9 Å². The van der Waals surface area contributed by atoms with Crippen molar-refractivity contribution in [3.05, 3.63) is 35.2 Å². The molecule has 0 aliphatic carbocycles. The molecular weight excluding hydrogens is 312 g/mol. The maximum Gasteiger partial charge on any atom is 0.246 e. The van der Waals surface area contributed by atoms with Gasteiger partial charge in [0.2, 0.25) is 17.6 Å². The van der Waals surface area contributed by atoms with Crippen LogP contribution in [0.5, 0.6) is 0 Å². The number of carbonyl (C=O) groups is 1. The third-order valence-corrected chi connectivity index (χ3v) is 4.17. The molecule has 1 aliphatic rings. The lowest BCUT2D eigenvalue weighted by Crippen LogP contribution is -2.41. The summed E-state index contributed by atoms with van der Waals surface area (Å²) in [5.74, 6) is 2.35. The number of halogens is 1. The zero-order valence-electron chi connectivity index (χ0n) is 11.0. The molecule has 1 fully saturated rings. The summed E-state index contributed by atoms with van der Waals surface area (Å²) in [6.07, 6.45) is 0. The van der Waals surface area contributed by atoms with E-state index < -0.39 is 0 Å². The van der Waals surface area contributed by atoms with E-state index in [2.05, 4.69) is 20.8 Å². The summed E-state index contributed by atoms with van der Waals surface area (Å²) in [5.41, 5.74) is 0.776. The second-order valence-electron chi connectivity index (χ2n) is 4.51. The Hall–Kier alpha value is -1.57. The third kappa shape index (κ3) is 3.55. The van der Waals surface area contributed by atoms with Crippen LogP contribution in [0.4, 0.5) is 0 Å². The fourth-order valence-corrected chi connectivity index (χ4v) is 3.05. The predicted molar refractivity (Wildman–Crippen MR) is 80.8 cm³/mol. The van der Waals surface area contributed by atoms with E-state index in [1.165, 1.54) is 0 Å². The van der Waals surface area contributed by atoms with Crippen molar-refractivity contribution in [3.8, 4) is 11.4 Å². The van der Waals surface area contributed by atoms with Crippen molar-refractivity contribution in [2.45, 2.75) is 12.6 Å². The minimum Gasteiger partial charge on any atom is -0.346 e. The van der Waals surface area contributed by atoms with Crippen molar-refractivity contribution in [2.75, 3.05) is 11.6 Å². The van der Waals surface area contributed by atoms with Gasteiger partial charge in [-0.2, -0.15) is 4.98 Å². The van der Waals surface area contributed by atoms with Gasteiger partial charge in [-0.05, 0) is 12.1 Å². The molecule has 0 saturated carbocycles. The van der Waals surface area contributed by atoms with Crippen molar-refractivity contribution >= 4 is 29.3 Å². The number of rotatable bonds is 4. The number of nitrogens with one attached hydrogen (secondary N) is 2. The number of carbonyl (C=O) groups excluding carboxylic acids is 1. The molecule has 1 unspecified atom stereocenters. The molecule has 110 valence electrons. The van der Waals surface area contributed by atoms with Crippen LogP contribution in [0.3, 0.4) is 0 Å². The predicted octanol–water partition coefficient (Wildman–Crippen LogP) is 1.67. The quantitative estimate of drug-likeness (QED) is 0.890. The molecular formula is C13H13ClN4O2S. The molecule has 1 atom stereocenters. The van der Waals surface area contributed by atoms with Crippen LogP contribution in [0.25, 0.3) is 11.4 Å². The Morgan fingerprint density at radius 3 is 3.24 bits per heavy atom. The summed E-state index contributed by atoms with van der Waals surface area (Å²) < 4.78 is 5.13. The van der Waals surface area contributed by atoms with Gasteiger partial charge >= 0.3 is 0 Å². The Morgan fingerprint density at radius 1 is 1.57 bits per heavy atom. The largest absolute Gasteiger partial charge is 0.346 e. The highest BCUT2D eigenvalue weighted by Crippen LogP contribution is 2.19. The number of hydrogen-bond donors (Lipinski definition) is 2. The fourth-order valence-electron chi connectivity index (χ4n) is 1.92.